The van der Waals surface area contributed by atoms with Gasteiger partial charge >= 0.3 is 0 Å². The van der Waals surface area contributed by atoms with Gasteiger partial charge in [0.1, 0.15) is 0 Å². The number of anilines is 1. The van der Waals surface area contributed by atoms with E-state index in [0.717, 1.165) is 34.3 Å². The van der Waals surface area contributed by atoms with E-state index in [1.807, 2.05) is 16.8 Å². The van der Waals surface area contributed by atoms with Crippen molar-refractivity contribution < 1.29 is 4.74 Å². The van der Waals surface area contributed by atoms with Crippen molar-refractivity contribution in [1.29, 1.82) is 0 Å². The molecule has 2 heterocycles. The van der Waals surface area contributed by atoms with Crippen molar-refractivity contribution in [2.75, 3.05) is 12.3 Å². The molecular weight excluding hydrogens is 294 g/mol. The minimum Gasteiger partial charge on any atom is -0.382 e. The summed E-state index contributed by atoms with van der Waals surface area (Å²) in [7, 11) is 0. The summed E-state index contributed by atoms with van der Waals surface area (Å²) in [5.74, 6) is 0.573. The Morgan fingerprint density at radius 2 is 2.28 bits per heavy atom. The Hall–Kier alpha value is -1.33. The average molecular weight is 308 g/mol. The molecule has 0 saturated carbocycles. The van der Waals surface area contributed by atoms with Crippen LogP contribution in [0.4, 0.5) is 5.82 Å². The first-order valence-corrected chi connectivity index (χ1v) is 6.67. The predicted octanol–water partition coefficient (Wildman–Crippen LogP) is 2.60. The first-order valence-electron chi connectivity index (χ1n) is 5.88. The fraction of sp³-hybridized carbons (Fsp3) is 0.308. The van der Waals surface area contributed by atoms with Gasteiger partial charge in [0.25, 0.3) is 0 Å². The van der Waals surface area contributed by atoms with Crippen LogP contribution in [0.5, 0.6) is 0 Å². The molecule has 0 amide bonds. The number of nitrogens with zero attached hydrogens (tertiary/aromatic N) is 2. The Labute approximate surface area is 114 Å². The molecule has 0 radical (unpaired) electrons. The van der Waals surface area contributed by atoms with Crippen LogP contribution in [0.1, 0.15) is 16.8 Å². The summed E-state index contributed by atoms with van der Waals surface area (Å²) < 4.78 is 8.47. The molecule has 5 heteroatoms. The van der Waals surface area contributed by atoms with Crippen LogP contribution in [-0.4, -0.2) is 16.4 Å². The van der Waals surface area contributed by atoms with Gasteiger partial charge in [-0.15, -0.1) is 0 Å². The number of nitrogens with two attached hydrogens (primary N) is 1. The number of benzene rings is 1. The topological polar surface area (TPSA) is 53.1 Å². The minimum atomic E-state index is 0.564. The largest absolute Gasteiger partial charge is 0.382 e. The maximum absolute atomic E-state index is 5.96. The number of hydrogen-bond acceptors (Lipinski definition) is 3. The molecule has 0 fully saturated rings. The Morgan fingerprint density at radius 3 is 3.11 bits per heavy atom. The molecular formula is C13H14BrN3O. The van der Waals surface area contributed by atoms with Gasteiger partial charge in [0, 0.05) is 16.5 Å². The molecule has 0 spiro atoms. The van der Waals surface area contributed by atoms with Crippen molar-refractivity contribution in [3.05, 3.63) is 39.5 Å². The van der Waals surface area contributed by atoms with Crippen molar-refractivity contribution in [2.24, 2.45) is 0 Å². The summed E-state index contributed by atoms with van der Waals surface area (Å²) in [6.07, 6.45) is 0.853. The van der Waals surface area contributed by atoms with E-state index in [1.54, 1.807) is 0 Å². The molecule has 1 aromatic heterocycles. The molecule has 0 bridgehead atoms. The van der Waals surface area contributed by atoms with Crippen LogP contribution < -0.4 is 5.73 Å². The van der Waals surface area contributed by atoms with Gasteiger partial charge in [-0.25, -0.2) is 4.68 Å². The van der Waals surface area contributed by atoms with Gasteiger partial charge in [-0.3, -0.25) is 0 Å². The highest BCUT2D eigenvalue weighted by atomic mass is 79.9. The van der Waals surface area contributed by atoms with Gasteiger partial charge < -0.3 is 10.5 Å². The Kier molecular flexibility index (Phi) is 2.87. The van der Waals surface area contributed by atoms with Gasteiger partial charge in [-0.1, -0.05) is 22.0 Å². The summed E-state index contributed by atoms with van der Waals surface area (Å²) in [5, 5.41) is 4.46. The monoisotopic (exact) mass is 307 g/mol. The van der Waals surface area contributed by atoms with Gasteiger partial charge in [0.2, 0.25) is 0 Å². The third-order valence-electron chi connectivity index (χ3n) is 3.32. The standard InChI is InChI=1S/C13H14BrN3O/c1-8-10(14)3-2-4-11(8)17-12-5-6-18-7-9(12)13(15)16-17/h2-4H,5-7H2,1H3,(H2,15,16). The Balaban J connectivity index is 2.20. The van der Waals surface area contributed by atoms with Gasteiger partial charge in [0.05, 0.1) is 24.6 Å². The van der Waals surface area contributed by atoms with E-state index in [1.165, 1.54) is 5.69 Å². The lowest BCUT2D eigenvalue weighted by atomic mass is 10.1. The normalized spacial score (nSPS) is 14.6. The predicted molar refractivity (Wildman–Crippen MR) is 73.8 cm³/mol. The number of nitrogen functional groups attached to an aromatic ring is 1. The first-order chi connectivity index (χ1) is 8.68. The third-order valence-corrected chi connectivity index (χ3v) is 4.18. The number of halogens is 1. The SMILES string of the molecule is Cc1c(Br)cccc1-n1nc(N)c2c1CCOC2. The van der Waals surface area contributed by atoms with Crippen LogP contribution in [0.2, 0.25) is 0 Å². The fourth-order valence-electron chi connectivity index (χ4n) is 2.29. The zero-order valence-corrected chi connectivity index (χ0v) is 11.7. The number of ether oxygens (including phenoxy) is 1. The highest BCUT2D eigenvalue weighted by molar-refractivity contribution is 9.10. The molecule has 2 aromatic rings. The number of hydrogen-bond donors (Lipinski definition) is 1. The smallest absolute Gasteiger partial charge is 0.151 e. The molecule has 2 N–H and O–H groups in total. The zero-order valence-electron chi connectivity index (χ0n) is 10.1. The summed E-state index contributed by atoms with van der Waals surface area (Å²) in [4.78, 5) is 0. The molecule has 0 atom stereocenters. The molecule has 18 heavy (non-hydrogen) atoms. The van der Waals surface area contributed by atoms with Gasteiger partial charge in [-0.05, 0) is 24.6 Å². The molecule has 3 rings (SSSR count). The van der Waals surface area contributed by atoms with E-state index in [9.17, 15) is 0 Å². The van der Waals surface area contributed by atoms with Crippen LogP contribution in [-0.2, 0) is 17.8 Å². The number of rotatable bonds is 1. The van der Waals surface area contributed by atoms with Crippen molar-refractivity contribution in [3.8, 4) is 5.69 Å². The summed E-state index contributed by atoms with van der Waals surface area (Å²) in [6.45, 7) is 3.36. The van der Waals surface area contributed by atoms with E-state index in [0.29, 0.717) is 12.4 Å². The van der Waals surface area contributed by atoms with E-state index in [2.05, 4.69) is 34.0 Å². The number of aromatic nitrogens is 2. The van der Waals surface area contributed by atoms with Gasteiger partial charge in [-0.2, -0.15) is 5.10 Å². The highest BCUT2D eigenvalue weighted by Gasteiger charge is 2.21. The number of fused-ring (bicyclic) bond motifs is 1. The maximum atomic E-state index is 5.96. The lowest BCUT2D eigenvalue weighted by molar-refractivity contribution is 0.110. The van der Waals surface area contributed by atoms with Crippen molar-refractivity contribution in [3.63, 3.8) is 0 Å². The van der Waals surface area contributed by atoms with Gasteiger partial charge in [0.15, 0.2) is 5.82 Å². The average Bonchev–Trinajstić information content (AvgIpc) is 2.71. The van der Waals surface area contributed by atoms with Crippen molar-refractivity contribution in [2.45, 2.75) is 20.0 Å². The highest BCUT2D eigenvalue weighted by Crippen LogP contribution is 2.28. The minimum absolute atomic E-state index is 0.564. The first kappa shape index (κ1) is 11.7. The Morgan fingerprint density at radius 1 is 1.44 bits per heavy atom. The molecule has 0 saturated heterocycles. The maximum Gasteiger partial charge on any atom is 0.151 e. The van der Waals surface area contributed by atoms with Crippen LogP contribution in [0.3, 0.4) is 0 Å². The van der Waals surface area contributed by atoms with E-state index in [-0.39, 0.29) is 0 Å². The second-order valence-corrected chi connectivity index (χ2v) is 5.26. The van der Waals surface area contributed by atoms with Crippen molar-refractivity contribution in [1.82, 2.24) is 9.78 Å². The molecule has 1 aliphatic rings. The lowest BCUT2D eigenvalue weighted by Crippen LogP contribution is -2.13. The summed E-state index contributed by atoms with van der Waals surface area (Å²) in [5.41, 5.74) is 10.4. The third kappa shape index (κ3) is 1.74. The molecule has 1 aliphatic heterocycles. The molecule has 94 valence electrons. The van der Waals surface area contributed by atoms with Crippen LogP contribution in [0, 0.1) is 6.92 Å². The molecule has 4 nitrogen and oxygen atoms in total. The summed E-state index contributed by atoms with van der Waals surface area (Å²) >= 11 is 3.55. The zero-order chi connectivity index (χ0) is 12.7. The second kappa shape index (κ2) is 4.40. The van der Waals surface area contributed by atoms with E-state index < -0.39 is 0 Å². The molecule has 1 aromatic carbocycles. The fourth-order valence-corrected chi connectivity index (χ4v) is 2.64. The van der Waals surface area contributed by atoms with Crippen molar-refractivity contribution >= 4 is 21.7 Å². The Bertz CT molecular complexity index is 607. The van der Waals surface area contributed by atoms with E-state index >= 15 is 0 Å². The quantitative estimate of drug-likeness (QED) is 0.881. The lowest BCUT2D eigenvalue weighted by Gasteiger charge is -2.16. The molecule has 0 unspecified atom stereocenters. The second-order valence-electron chi connectivity index (χ2n) is 4.41. The van der Waals surface area contributed by atoms with Crippen LogP contribution in [0.25, 0.3) is 5.69 Å². The molecule has 0 aliphatic carbocycles. The van der Waals surface area contributed by atoms with Crippen LogP contribution >= 0.6 is 15.9 Å². The van der Waals surface area contributed by atoms with Crippen LogP contribution in [0.15, 0.2) is 22.7 Å². The van der Waals surface area contributed by atoms with E-state index in [4.69, 9.17) is 10.5 Å². The summed E-state index contributed by atoms with van der Waals surface area (Å²) in [6, 6.07) is 6.10.